The highest BCUT2D eigenvalue weighted by molar-refractivity contribution is 6.30. The third-order valence-corrected chi connectivity index (χ3v) is 4.57. The van der Waals surface area contributed by atoms with Gasteiger partial charge in [-0.25, -0.2) is 0 Å². The van der Waals surface area contributed by atoms with E-state index in [0.717, 1.165) is 30.8 Å². The summed E-state index contributed by atoms with van der Waals surface area (Å²) in [6.45, 7) is 3.10. The van der Waals surface area contributed by atoms with Crippen molar-refractivity contribution in [1.82, 2.24) is 4.90 Å². The van der Waals surface area contributed by atoms with Gasteiger partial charge in [0.1, 0.15) is 0 Å². The molecule has 2 rings (SSSR count). The van der Waals surface area contributed by atoms with Crippen LogP contribution in [0.4, 0.5) is 0 Å². The van der Waals surface area contributed by atoms with Crippen molar-refractivity contribution in [2.24, 2.45) is 11.7 Å². The lowest BCUT2D eigenvalue weighted by Crippen LogP contribution is -2.44. The van der Waals surface area contributed by atoms with Crippen LogP contribution in [0.1, 0.15) is 37.8 Å². The van der Waals surface area contributed by atoms with Crippen molar-refractivity contribution >= 4 is 11.6 Å². The molecule has 1 aliphatic carbocycles. The van der Waals surface area contributed by atoms with Crippen LogP contribution in [-0.2, 0) is 0 Å². The second-order valence-corrected chi connectivity index (χ2v) is 6.44. The van der Waals surface area contributed by atoms with Gasteiger partial charge in [-0.15, -0.1) is 0 Å². The Morgan fingerprint density at radius 1 is 1.35 bits per heavy atom. The molecule has 0 spiro atoms. The quantitative estimate of drug-likeness (QED) is 0.849. The van der Waals surface area contributed by atoms with Gasteiger partial charge in [-0.05, 0) is 49.9 Å². The van der Waals surface area contributed by atoms with Gasteiger partial charge in [-0.1, -0.05) is 30.7 Å². The molecule has 0 amide bonds. The van der Waals surface area contributed by atoms with Gasteiger partial charge in [0.25, 0.3) is 0 Å². The normalized spacial score (nSPS) is 25.3. The number of likely N-dealkylation sites (N-methyl/N-ethyl adjacent to an activating group) is 1. The molecule has 20 heavy (non-hydrogen) atoms. The number of nitrogens with two attached hydrogens (primary N) is 1. The minimum Gasteiger partial charge on any atom is -0.393 e. The van der Waals surface area contributed by atoms with E-state index in [1.807, 2.05) is 12.1 Å². The maximum Gasteiger partial charge on any atom is 0.0546 e. The van der Waals surface area contributed by atoms with Crippen molar-refractivity contribution < 1.29 is 5.11 Å². The Kier molecular flexibility index (Phi) is 5.44. The Labute approximate surface area is 126 Å². The number of halogens is 1. The maximum atomic E-state index is 9.41. The molecule has 1 aromatic carbocycles. The van der Waals surface area contributed by atoms with Gasteiger partial charge < -0.3 is 10.8 Å². The molecule has 3 nitrogen and oxygen atoms in total. The molecule has 2 unspecified atom stereocenters. The van der Waals surface area contributed by atoms with Crippen LogP contribution in [0, 0.1) is 5.92 Å². The fourth-order valence-electron chi connectivity index (χ4n) is 3.08. The topological polar surface area (TPSA) is 49.5 Å². The number of aliphatic hydroxyl groups excluding tert-OH is 1. The van der Waals surface area contributed by atoms with Crippen LogP contribution in [0.5, 0.6) is 0 Å². The summed E-state index contributed by atoms with van der Waals surface area (Å²) >= 11 is 5.97. The van der Waals surface area contributed by atoms with Crippen molar-refractivity contribution in [1.29, 1.82) is 0 Å². The van der Waals surface area contributed by atoms with E-state index in [1.54, 1.807) is 0 Å². The first-order valence-corrected chi connectivity index (χ1v) is 7.78. The molecule has 2 atom stereocenters. The van der Waals surface area contributed by atoms with Crippen molar-refractivity contribution in [2.45, 2.75) is 44.4 Å². The summed E-state index contributed by atoms with van der Waals surface area (Å²) in [6.07, 6.45) is 2.67. The first-order chi connectivity index (χ1) is 9.51. The van der Waals surface area contributed by atoms with Crippen molar-refractivity contribution in [3.05, 3.63) is 34.9 Å². The lowest BCUT2D eigenvalue weighted by Gasteiger charge is -2.39. The molecule has 1 aliphatic rings. The summed E-state index contributed by atoms with van der Waals surface area (Å²) in [5.41, 5.74) is 7.54. The Morgan fingerprint density at radius 3 is 2.45 bits per heavy atom. The van der Waals surface area contributed by atoms with Crippen molar-refractivity contribution in [3.63, 3.8) is 0 Å². The second kappa shape index (κ2) is 6.90. The Hall–Kier alpha value is -0.610. The van der Waals surface area contributed by atoms with Crippen LogP contribution in [0.25, 0.3) is 0 Å². The van der Waals surface area contributed by atoms with Crippen LogP contribution in [-0.4, -0.2) is 35.7 Å². The molecule has 1 aromatic rings. The lowest BCUT2D eigenvalue weighted by atomic mass is 9.81. The van der Waals surface area contributed by atoms with Gasteiger partial charge in [0, 0.05) is 23.7 Å². The Bertz CT molecular complexity index is 417. The standard InChI is InChI=1S/C16H25ClN2O/c1-3-15(18)16(12-4-6-13(17)7-5-12)19(2)10-11-8-14(20)9-11/h4-7,11,14-16,20H,3,8-10,18H2,1-2H3. The van der Waals surface area contributed by atoms with E-state index in [0.29, 0.717) is 5.92 Å². The molecule has 0 heterocycles. The highest BCUT2D eigenvalue weighted by atomic mass is 35.5. The number of benzene rings is 1. The average molecular weight is 297 g/mol. The van der Waals surface area contributed by atoms with Crippen LogP contribution in [0.3, 0.4) is 0 Å². The monoisotopic (exact) mass is 296 g/mol. The zero-order valence-electron chi connectivity index (χ0n) is 12.3. The molecule has 0 aliphatic heterocycles. The first-order valence-electron chi connectivity index (χ1n) is 7.40. The first kappa shape index (κ1) is 15.8. The number of hydrogen-bond donors (Lipinski definition) is 2. The van der Waals surface area contributed by atoms with Crippen molar-refractivity contribution in [2.75, 3.05) is 13.6 Å². The van der Waals surface area contributed by atoms with Gasteiger partial charge in [-0.3, -0.25) is 4.90 Å². The van der Waals surface area contributed by atoms with Gasteiger partial charge >= 0.3 is 0 Å². The summed E-state index contributed by atoms with van der Waals surface area (Å²) < 4.78 is 0. The number of aliphatic hydroxyl groups is 1. The molecule has 4 heteroatoms. The fourth-order valence-corrected chi connectivity index (χ4v) is 3.21. The van der Waals surface area contributed by atoms with E-state index in [2.05, 4.69) is 31.0 Å². The number of rotatable bonds is 6. The van der Waals surface area contributed by atoms with Gasteiger partial charge in [0.15, 0.2) is 0 Å². The lowest BCUT2D eigenvalue weighted by molar-refractivity contribution is 0.0197. The molecule has 0 radical (unpaired) electrons. The summed E-state index contributed by atoms with van der Waals surface area (Å²) in [4.78, 5) is 2.33. The number of nitrogens with zero attached hydrogens (tertiary/aromatic N) is 1. The summed E-state index contributed by atoms with van der Waals surface area (Å²) in [6, 6.07) is 8.28. The maximum absolute atomic E-state index is 9.41. The van der Waals surface area contributed by atoms with E-state index in [9.17, 15) is 5.11 Å². The highest BCUT2D eigenvalue weighted by Gasteiger charge is 2.31. The van der Waals surface area contributed by atoms with E-state index in [-0.39, 0.29) is 18.2 Å². The summed E-state index contributed by atoms with van der Waals surface area (Å²) in [7, 11) is 2.12. The Morgan fingerprint density at radius 2 is 1.95 bits per heavy atom. The third kappa shape index (κ3) is 3.73. The van der Waals surface area contributed by atoms with E-state index >= 15 is 0 Å². The molecule has 0 aromatic heterocycles. The zero-order chi connectivity index (χ0) is 14.7. The minimum absolute atomic E-state index is 0.0952. The van der Waals surface area contributed by atoms with E-state index in [4.69, 9.17) is 17.3 Å². The molecule has 0 bridgehead atoms. The molecule has 1 fully saturated rings. The van der Waals surface area contributed by atoms with Gasteiger partial charge in [0.05, 0.1) is 6.10 Å². The Balaban J connectivity index is 2.08. The largest absolute Gasteiger partial charge is 0.393 e. The molecule has 112 valence electrons. The third-order valence-electron chi connectivity index (χ3n) is 4.32. The summed E-state index contributed by atoms with van der Waals surface area (Å²) in [5.74, 6) is 0.592. The smallest absolute Gasteiger partial charge is 0.0546 e. The SMILES string of the molecule is CCC(N)C(c1ccc(Cl)cc1)N(C)CC1CC(O)C1. The van der Waals surface area contributed by atoms with E-state index in [1.165, 1.54) is 5.56 Å². The van der Waals surface area contributed by atoms with Crippen LogP contribution in [0.2, 0.25) is 5.02 Å². The average Bonchev–Trinajstić information content (AvgIpc) is 2.39. The molecule has 3 N–H and O–H groups in total. The summed E-state index contributed by atoms with van der Waals surface area (Å²) in [5, 5.41) is 10.2. The van der Waals surface area contributed by atoms with Crippen LogP contribution >= 0.6 is 11.6 Å². The second-order valence-electron chi connectivity index (χ2n) is 6.00. The molecule has 1 saturated carbocycles. The highest BCUT2D eigenvalue weighted by Crippen LogP contribution is 2.32. The van der Waals surface area contributed by atoms with Crippen molar-refractivity contribution in [3.8, 4) is 0 Å². The van der Waals surface area contributed by atoms with Gasteiger partial charge in [0.2, 0.25) is 0 Å². The number of hydrogen-bond acceptors (Lipinski definition) is 3. The zero-order valence-corrected chi connectivity index (χ0v) is 13.1. The van der Waals surface area contributed by atoms with Gasteiger partial charge in [-0.2, -0.15) is 0 Å². The van der Waals surface area contributed by atoms with E-state index < -0.39 is 0 Å². The fraction of sp³-hybridized carbons (Fsp3) is 0.625. The minimum atomic E-state index is -0.0952. The molecular formula is C16H25ClN2O. The molecular weight excluding hydrogens is 272 g/mol. The van der Waals surface area contributed by atoms with Crippen LogP contribution in [0.15, 0.2) is 24.3 Å². The van der Waals surface area contributed by atoms with Crippen LogP contribution < -0.4 is 5.73 Å². The predicted octanol–water partition coefficient (Wildman–Crippen LogP) is 2.82. The predicted molar refractivity (Wildman–Crippen MR) is 83.8 cm³/mol. The molecule has 0 saturated heterocycles.